The van der Waals surface area contributed by atoms with Crippen LogP contribution in [0.4, 0.5) is 11.4 Å². The maximum atomic E-state index is 2.39. The van der Waals surface area contributed by atoms with Gasteiger partial charge >= 0.3 is 0 Å². The second-order valence-corrected chi connectivity index (χ2v) is 8.05. The maximum absolute atomic E-state index is 2.39. The number of hydrogen-bond acceptors (Lipinski definition) is 2. The van der Waals surface area contributed by atoms with Crippen LogP contribution in [0.15, 0.2) is 72.8 Å². The van der Waals surface area contributed by atoms with Crippen LogP contribution in [-0.4, -0.2) is 26.2 Å². The third kappa shape index (κ3) is 5.43. The SMILES string of the molecule is CCC=c1ccc(=C(c2ccc(N(CC)CC)cc2)c2ccc(N(CC)CC)cc2)cc1. The number of hydrogen-bond donors (Lipinski definition) is 0. The van der Waals surface area contributed by atoms with Gasteiger partial charge in [0.05, 0.1) is 0 Å². The Bertz CT molecular complexity index is 1010. The highest BCUT2D eigenvalue weighted by molar-refractivity contribution is 5.80. The minimum atomic E-state index is 1.02. The molecule has 0 atom stereocenters. The van der Waals surface area contributed by atoms with Gasteiger partial charge in [0.25, 0.3) is 0 Å². The van der Waals surface area contributed by atoms with Gasteiger partial charge in [-0.1, -0.05) is 61.5 Å². The van der Waals surface area contributed by atoms with Crippen LogP contribution in [0, 0.1) is 0 Å². The van der Waals surface area contributed by atoms with Crippen molar-refractivity contribution < 1.29 is 0 Å². The van der Waals surface area contributed by atoms with Gasteiger partial charge in [0.2, 0.25) is 0 Å². The summed E-state index contributed by atoms with van der Waals surface area (Å²) >= 11 is 0. The van der Waals surface area contributed by atoms with Crippen LogP contribution in [0.25, 0.3) is 11.6 Å². The number of anilines is 2. The Morgan fingerprint density at radius 1 is 0.562 bits per heavy atom. The van der Waals surface area contributed by atoms with E-state index in [0.717, 1.165) is 32.6 Å². The molecule has 168 valence electrons. The molecule has 0 saturated heterocycles. The average molecular weight is 427 g/mol. The number of nitrogens with zero attached hydrogens (tertiary/aromatic N) is 2. The van der Waals surface area contributed by atoms with Crippen molar-refractivity contribution in [3.05, 3.63) is 94.4 Å². The van der Waals surface area contributed by atoms with E-state index in [9.17, 15) is 0 Å². The van der Waals surface area contributed by atoms with Crippen LogP contribution < -0.4 is 20.2 Å². The Kier molecular flexibility index (Phi) is 8.56. The summed E-state index contributed by atoms with van der Waals surface area (Å²) in [5.41, 5.74) is 6.35. The highest BCUT2D eigenvalue weighted by Crippen LogP contribution is 2.26. The molecular formula is C30H38N2. The Balaban J connectivity index is 2.13. The summed E-state index contributed by atoms with van der Waals surface area (Å²) in [5.74, 6) is 0. The summed E-state index contributed by atoms with van der Waals surface area (Å²) < 4.78 is 0. The van der Waals surface area contributed by atoms with Crippen molar-refractivity contribution in [3.63, 3.8) is 0 Å². The van der Waals surface area contributed by atoms with Gasteiger partial charge in [-0.15, -0.1) is 0 Å². The molecule has 0 aromatic heterocycles. The number of rotatable bonds is 9. The summed E-state index contributed by atoms with van der Waals surface area (Å²) in [6.45, 7) is 15.1. The van der Waals surface area contributed by atoms with E-state index in [1.807, 2.05) is 0 Å². The summed E-state index contributed by atoms with van der Waals surface area (Å²) in [4.78, 5) is 4.77. The Morgan fingerprint density at radius 2 is 0.969 bits per heavy atom. The topological polar surface area (TPSA) is 6.48 Å². The Hall–Kier alpha value is -3.00. The molecule has 0 aliphatic rings. The molecule has 0 unspecified atom stereocenters. The summed E-state index contributed by atoms with van der Waals surface area (Å²) in [6.07, 6.45) is 3.32. The Labute approximate surface area is 194 Å². The first kappa shape index (κ1) is 23.7. The standard InChI is InChI=1S/C30H38N2/c1-6-11-24-12-14-25(15-13-24)30(26-16-20-28(21-17-26)31(7-2)8-3)27-18-22-29(23-19-27)32(9-4)10-5/h11-23H,6-10H2,1-5H3. The van der Waals surface area contributed by atoms with Crippen LogP contribution in [-0.2, 0) is 0 Å². The second kappa shape index (κ2) is 11.6. The average Bonchev–Trinajstić information content (AvgIpc) is 2.84. The van der Waals surface area contributed by atoms with Crippen molar-refractivity contribution in [2.45, 2.75) is 41.0 Å². The van der Waals surface area contributed by atoms with E-state index in [1.54, 1.807) is 0 Å². The molecular weight excluding hydrogens is 388 g/mol. The smallest absolute Gasteiger partial charge is 0.0366 e. The summed E-state index contributed by atoms with van der Waals surface area (Å²) in [5, 5.41) is 2.54. The predicted octanol–water partition coefficient (Wildman–Crippen LogP) is 5.82. The van der Waals surface area contributed by atoms with E-state index in [4.69, 9.17) is 0 Å². The molecule has 0 aliphatic heterocycles. The molecule has 2 nitrogen and oxygen atoms in total. The van der Waals surface area contributed by atoms with Gasteiger partial charge in [-0.2, -0.15) is 0 Å². The first-order valence-corrected chi connectivity index (χ1v) is 12.2. The van der Waals surface area contributed by atoms with Crippen LogP contribution >= 0.6 is 0 Å². The normalized spacial score (nSPS) is 10.7. The van der Waals surface area contributed by atoms with Crippen molar-refractivity contribution in [3.8, 4) is 0 Å². The maximum Gasteiger partial charge on any atom is 0.0366 e. The van der Waals surface area contributed by atoms with E-state index in [-0.39, 0.29) is 0 Å². The quantitative estimate of drug-likeness (QED) is 0.426. The lowest BCUT2D eigenvalue weighted by Crippen LogP contribution is -2.21. The lowest BCUT2D eigenvalue weighted by molar-refractivity contribution is 0.866. The fourth-order valence-electron chi connectivity index (χ4n) is 4.38. The molecule has 0 heterocycles. The van der Waals surface area contributed by atoms with Gasteiger partial charge in [-0.05, 0) is 85.5 Å². The fourth-order valence-corrected chi connectivity index (χ4v) is 4.38. The van der Waals surface area contributed by atoms with Crippen LogP contribution in [0.5, 0.6) is 0 Å². The van der Waals surface area contributed by atoms with Crippen molar-refractivity contribution in [1.82, 2.24) is 0 Å². The van der Waals surface area contributed by atoms with Crippen molar-refractivity contribution in [2.24, 2.45) is 0 Å². The zero-order chi connectivity index (χ0) is 22.9. The van der Waals surface area contributed by atoms with Gasteiger partial charge in [0.15, 0.2) is 0 Å². The molecule has 0 radical (unpaired) electrons. The molecule has 0 fully saturated rings. The molecule has 3 aromatic rings. The van der Waals surface area contributed by atoms with Gasteiger partial charge in [0.1, 0.15) is 0 Å². The summed E-state index contributed by atoms with van der Waals surface area (Å²) in [7, 11) is 0. The van der Waals surface area contributed by atoms with Gasteiger partial charge in [-0.25, -0.2) is 0 Å². The largest absolute Gasteiger partial charge is 0.372 e. The highest BCUT2D eigenvalue weighted by atomic mass is 15.1. The minimum Gasteiger partial charge on any atom is -0.372 e. The zero-order valence-corrected chi connectivity index (χ0v) is 20.4. The Morgan fingerprint density at radius 3 is 1.31 bits per heavy atom. The summed E-state index contributed by atoms with van der Waals surface area (Å²) in [6, 6.07) is 27.1. The third-order valence-corrected chi connectivity index (χ3v) is 6.21. The van der Waals surface area contributed by atoms with Crippen LogP contribution in [0.2, 0.25) is 0 Å². The van der Waals surface area contributed by atoms with Crippen molar-refractivity contribution >= 4 is 23.0 Å². The fraction of sp³-hybridized carbons (Fsp3) is 0.333. The third-order valence-electron chi connectivity index (χ3n) is 6.21. The highest BCUT2D eigenvalue weighted by Gasteiger charge is 2.10. The van der Waals surface area contributed by atoms with E-state index >= 15 is 0 Å². The number of benzene rings is 3. The van der Waals surface area contributed by atoms with Crippen LogP contribution in [0.1, 0.15) is 52.2 Å². The molecule has 0 N–H and O–H groups in total. The minimum absolute atomic E-state index is 1.02. The predicted molar refractivity (Wildman–Crippen MR) is 142 cm³/mol. The molecule has 3 aromatic carbocycles. The van der Waals surface area contributed by atoms with Gasteiger partial charge < -0.3 is 9.80 Å². The first-order chi connectivity index (χ1) is 15.6. The molecule has 3 rings (SSSR count). The molecule has 0 saturated carbocycles. The van der Waals surface area contributed by atoms with E-state index in [1.165, 1.54) is 38.5 Å². The molecule has 2 heteroatoms. The monoisotopic (exact) mass is 426 g/mol. The van der Waals surface area contributed by atoms with E-state index in [0.29, 0.717) is 0 Å². The molecule has 32 heavy (non-hydrogen) atoms. The van der Waals surface area contributed by atoms with Gasteiger partial charge in [0, 0.05) is 37.6 Å². The van der Waals surface area contributed by atoms with Crippen molar-refractivity contribution in [2.75, 3.05) is 36.0 Å². The van der Waals surface area contributed by atoms with Crippen molar-refractivity contribution in [1.29, 1.82) is 0 Å². The van der Waals surface area contributed by atoms with Gasteiger partial charge in [-0.3, -0.25) is 0 Å². The molecule has 0 bridgehead atoms. The molecule has 0 aliphatic carbocycles. The molecule has 0 amide bonds. The lowest BCUT2D eigenvalue weighted by Gasteiger charge is -2.22. The van der Waals surface area contributed by atoms with E-state index in [2.05, 4.69) is 123 Å². The second-order valence-electron chi connectivity index (χ2n) is 8.05. The van der Waals surface area contributed by atoms with Crippen LogP contribution in [0.3, 0.4) is 0 Å². The first-order valence-electron chi connectivity index (χ1n) is 12.2. The van der Waals surface area contributed by atoms with E-state index < -0.39 is 0 Å². The molecule has 0 spiro atoms. The lowest BCUT2D eigenvalue weighted by atomic mass is 9.94. The zero-order valence-electron chi connectivity index (χ0n) is 20.4.